The number of hydrogen-bond acceptors (Lipinski definition) is 7. The number of rotatable bonds is 8. The summed E-state index contributed by atoms with van der Waals surface area (Å²) < 4.78 is 4.98. The molecule has 1 amide bonds. The van der Waals surface area contributed by atoms with Crippen LogP contribution in [0.3, 0.4) is 0 Å². The van der Waals surface area contributed by atoms with Crippen molar-refractivity contribution in [2.24, 2.45) is 0 Å². The number of nitrogens with one attached hydrogen (secondary N) is 2. The van der Waals surface area contributed by atoms with E-state index in [-0.39, 0.29) is 11.7 Å². The molecule has 0 atom stereocenters. The molecule has 0 radical (unpaired) electrons. The second-order valence-corrected chi connectivity index (χ2v) is 5.03. The monoisotopic (exact) mass is 287 g/mol. The molecule has 108 valence electrons. The summed E-state index contributed by atoms with van der Waals surface area (Å²) in [7, 11) is 5.39. The molecule has 0 saturated heterocycles. The highest BCUT2D eigenvalue weighted by Crippen LogP contribution is 2.23. The number of carbonyl (C=O) groups excluding carboxylic acids is 1. The molecule has 0 saturated carbocycles. The molecule has 0 aliphatic carbocycles. The lowest BCUT2D eigenvalue weighted by Crippen LogP contribution is -2.34. The second kappa shape index (κ2) is 7.93. The van der Waals surface area contributed by atoms with Crippen molar-refractivity contribution in [3.63, 3.8) is 0 Å². The number of amides is 1. The van der Waals surface area contributed by atoms with Crippen LogP contribution in [0.2, 0.25) is 0 Å². The van der Waals surface area contributed by atoms with Gasteiger partial charge in [-0.05, 0) is 7.05 Å². The maximum absolute atomic E-state index is 11.9. The van der Waals surface area contributed by atoms with Crippen LogP contribution < -0.4 is 16.4 Å². The predicted molar refractivity (Wildman–Crippen MR) is 77.8 cm³/mol. The van der Waals surface area contributed by atoms with Crippen LogP contribution in [0.5, 0.6) is 0 Å². The molecular weight excluding hydrogens is 266 g/mol. The van der Waals surface area contributed by atoms with Gasteiger partial charge < -0.3 is 26.0 Å². The molecule has 0 aliphatic heterocycles. The van der Waals surface area contributed by atoms with Crippen LogP contribution in [0.15, 0.2) is 0 Å². The molecule has 19 heavy (non-hydrogen) atoms. The van der Waals surface area contributed by atoms with E-state index in [1.165, 1.54) is 11.3 Å². The third kappa shape index (κ3) is 5.01. The zero-order valence-electron chi connectivity index (χ0n) is 11.5. The van der Waals surface area contributed by atoms with Crippen molar-refractivity contribution in [3.8, 4) is 0 Å². The van der Waals surface area contributed by atoms with E-state index in [9.17, 15) is 4.79 Å². The van der Waals surface area contributed by atoms with Crippen LogP contribution in [-0.2, 0) is 4.74 Å². The van der Waals surface area contributed by atoms with Crippen LogP contribution in [0.1, 0.15) is 9.67 Å². The third-order valence-corrected chi connectivity index (χ3v) is 3.62. The Morgan fingerprint density at radius 2 is 2.26 bits per heavy atom. The number of nitrogen functional groups attached to an aromatic ring is 1. The van der Waals surface area contributed by atoms with Gasteiger partial charge in [-0.15, -0.1) is 0 Å². The average Bonchev–Trinajstić information content (AvgIpc) is 2.77. The lowest BCUT2D eigenvalue weighted by molar-refractivity contribution is 0.0952. The van der Waals surface area contributed by atoms with Crippen LogP contribution in [0, 0.1) is 0 Å². The van der Waals surface area contributed by atoms with Gasteiger partial charge in [-0.3, -0.25) is 4.79 Å². The standard InChI is InChI=1S/C11H21N5O2S/c1-13-11-15-9(12)8(19-11)10(17)14-4-5-16(2)6-7-18-3/h4-7,12H2,1-3H3,(H,13,15)(H,14,17). The largest absolute Gasteiger partial charge is 0.383 e. The number of anilines is 2. The molecule has 0 unspecified atom stereocenters. The van der Waals surface area contributed by atoms with Crippen LogP contribution in [0.4, 0.5) is 10.9 Å². The number of ether oxygens (including phenoxy) is 1. The zero-order valence-corrected chi connectivity index (χ0v) is 12.3. The highest BCUT2D eigenvalue weighted by Gasteiger charge is 2.15. The number of hydrogen-bond donors (Lipinski definition) is 3. The molecule has 1 rings (SSSR count). The van der Waals surface area contributed by atoms with Crippen molar-refractivity contribution in [1.82, 2.24) is 15.2 Å². The Kier molecular flexibility index (Phi) is 6.54. The van der Waals surface area contributed by atoms with Crippen LogP contribution in [-0.4, -0.2) is 63.2 Å². The topological polar surface area (TPSA) is 92.5 Å². The minimum absolute atomic E-state index is 0.184. The summed E-state index contributed by atoms with van der Waals surface area (Å²) >= 11 is 1.25. The molecule has 0 aliphatic rings. The minimum atomic E-state index is -0.184. The molecule has 0 spiro atoms. The number of thiazole rings is 1. The number of methoxy groups -OCH3 is 1. The van der Waals surface area contributed by atoms with Crippen molar-refractivity contribution in [2.75, 3.05) is 58.5 Å². The van der Waals surface area contributed by atoms with Gasteiger partial charge in [0.2, 0.25) is 0 Å². The Balaban J connectivity index is 2.36. The first-order valence-electron chi connectivity index (χ1n) is 5.98. The Labute approximate surface area is 117 Å². The first-order valence-corrected chi connectivity index (χ1v) is 6.79. The summed E-state index contributed by atoms with van der Waals surface area (Å²) in [6, 6.07) is 0. The first kappa shape index (κ1) is 15.7. The van der Waals surface area contributed by atoms with Gasteiger partial charge in [0.15, 0.2) is 5.13 Å². The number of aromatic nitrogens is 1. The molecule has 8 heteroatoms. The fourth-order valence-corrected chi connectivity index (χ4v) is 2.16. The number of carbonyl (C=O) groups is 1. The van der Waals surface area contributed by atoms with Crippen molar-refractivity contribution in [3.05, 3.63) is 4.88 Å². The molecule has 1 aromatic rings. The Morgan fingerprint density at radius 3 is 2.84 bits per heavy atom. The number of nitrogens with two attached hydrogens (primary N) is 1. The van der Waals surface area contributed by atoms with Gasteiger partial charge in [0, 0.05) is 33.8 Å². The second-order valence-electron chi connectivity index (χ2n) is 4.04. The fourth-order valence-electron chi connectivity index (χ4n) is 1.40. The van der Waals surface area contributed by atoms with Crippen molar-refractivity contribution >= 4 is 28.2 Å². The zero-order chi connectivity index (χ0) is 14.3. The highest BCUT2D eigenvalue weighted by atomic mass is 32.1. The Bertz CT molecular complexity index is 410. The van der Waals surface area contributed by atoms with E-state index in [1.54, 1.807) is 14.2 Å². The minimum Gasteiger partial charge on any atom is -0.383 e. The van der Waals surface area contributed by atoms with E-state index in [1.807, 2.05) is 7.05 Å². The summed E-state index contributed by atoms with van der Waals surface area (Å²) in [5.74, 6) is 0.0798. The summed E-state index contributed by atoms with van der Waals surface area (Å²) in [5.41, 5.74) is 5.69. The molecule has 0 fully saturated rings. The van der Waals surface area contributed by atoms with E-state index in [0.717, 1.165) is 13.1 Å². The Hall–Kier alpha value is -1.38. The van der Waals surface area contributed by atoms with Gasteiger partial charge in [-0.2, -0.15) is 0 Å². The lowest BCUT2D eigenvalue weighted by atomic mass is 10.4. The first-order chi connectivity index (χ1) is 9.08. The van der Waals surface area contributed by atoms with Gasteiger partial charge in [-0.1, -0.05) is 11.3 Å². The summed E-state index contributed by atoms with van der Waals surface area (Å²) in [6.45, 7) is 2.83. The maximum Gasteiger partial charge on any atom is 0.265 e. The lowest BCUT2D eigenvalue weighted by Gasteiger charge is -2.15. The van der Waals surface area contributed by atoms with E-state index in [0.29, 0.717) is 23.2 Å². The molecule has 0 bridgehead atoms. The molecule has 4 N–H and O–H groups in total. The summed E-state index contributed by atoms with van der Waals surface area (Å²) in [4.78, 5) is 18.5. The normalized spacial score (nSPS) is 10.7. The molecule has 0 aromatic carbocycles. The van der Waals surface area contributed by atoms with E-state index in [4.69, 9.17) is 10.5 Å². The smallest absolute Gasteiger partial charge is 0.265 e. The predicted octanol–water partition coefficient (Wildman–Crippen LogP) is 0.0750. The van der Waals surface area contributed by atoms with E-state index >= 15 is 0 Å². The van der Waals surface area contributed by atoms with Crippen molar-refractivity contribution in [2.45, 2.75) is 0 Å². The number of likely N-dealkylation sites (N-methyl/N-ethyl adjacent to an activating group) is 1. The van der Waals surface area contributed by atoms with E-state index < -0.39 is 0 Å². The van der Waals surface area contributed by atoms with Gasteiger partial charge in [-0.25, -0.2) is 4.98 Å². The Morgan fingerprint density at radius 1 is 1.53 bits per heavy atom. The van der Waals surface area contributed by atoms with Crippen molar-refractivity contribution < 1.29 is 9.53 Å². The van der Waals surface area contributed by atoms with Gasteiger partial charge >= 0.3 is 0 Å². The van der Waals surface area contributed by atoms with E-state index in [2.05, 4.69) is 20.5 Å². The molecule has 1 heterocycles. The average molecular weight is 287 g/mol. The molecule has 7 nitrogen and oxygen atoms in total. The SMILES string of the molecule is CNc1nc(N)c(C(=O)NCCN(C)CCOC)s1. The van der Waals surface area contributed by atoms with Crippen LogP contribution >= 0.6 is 11.3 Å². The maximum atomic E-state index is 11.9. The van der Waals surface area contributed by atoms with Gasteiger partial charge in [0.1, 0.15) is 10.7 Å². The molecular formula is C11H21N5O2S. The quantitative estimate of drug-likeness (QED) is 0.627. The summed E-state index contributed by atoms with van der Waals surface area (Å²) in [5, 5.41) is 6.33. The number of nitrogens with zero attached hydrogens (tertiary/aromatic N) is 2. The van der Waals surface area contributed by atoms with Gasteiger partial charge in [0.25, 0.3) is 5.91 Å². The third-order valence-electron chi connectivity index (χ3n) is 2.53. The summed E-state index contributed by atoms with van der Waals surface area (Å²) in [6.07, 6.45) is 0. The highest BCUT2D eigenvalue weighted by molar-refractivity contribution is 7.18. The van der Waals surface area contributed by atoms with Gasteiger partial charge in [0.05, 0.1) is 6.61 Å². The van der Waals surface area contributed by atoms with Crippen molar-refractivity contribution in [1.29, 1.82) is 0 Å². The van der Waals surface area contributed by atoms with Crippen LogP contribution in [0.25, 0.3) is 0 Å². The molecule has 1 aromatic heterocycles. The fraction of sp³-hybridized carbons (Fsp3) is 0.636.